The molecular weight excluding hydrogens is 182 g/mol. The van der Waals surface area contributed by atoms with Gasteiger partial charge in [-0.1, -0.05) is 30.3 Å². The van der Waals surface area contributed by atoms with Crippen LogP contribution in [0, 0.1) is 0 Å². The SMILES string of the molecule is ClB(Cl)OCc1ccccc1. The van der Waals surface area contributed by atoms with Gasteiger partial charge < -0.3 is 4.65 Å². The van der Waals surface area contributed by atoms with E-state index in [1.807, 2.05) is 30.3 Å². The Balaban J connectivity index is 2.39. The lowest BCUT2D eigenvalue weighted by Crippen LogP contribution is -2.01. The highest BCUT2D eigenvalue weighted by atomic mass is 35.5. The number of hydrogen-bond donors (Lipinski definition) is 0. The van der Waals surface area contributed by atoms with Gasteiger partial charge in [-0.15, -0.1) is 22.9 Å². The fraction of sp³-hybridized carbons (Fsp3) is 0.143. The van der Waals surface area contributed by atoms with Gasteiger partial charge in [0.25, 0.3) is 0 Å². The van der Waals surface area contributed by atoms with E-state index in [9.17, 15) is 0 Å². The first-order valence-corrected chi connectivity index (χ1v) is 4.10. The Morgan fingerprint density at radius 1 is 1.18 bits per heavy atom. The summed E-state index contributed by atoms with van der Waals surface area (Å²) in [4.78, 5) is 0. The minimum Gasteiger partial charge on any atom is -0.405 e. The van der Waals surface area contributed by atoms with E-state index >= 15 is 0 Å². The van der Waals surface area contributed by atoms with Gasteiger partial charge in [0, 0.05) is 0 Å². The lowest BCUT2D eigenvalue weighted by Gasteiger charge is -2.00. The van der Waals surface area contributed by atoms with Crippen LogP contribution in [0.4, 0.5) is 0 Å². The first-order valence-electron chi connectivity index (χ1n) is 3.23. The minimum absolute atomic E-state index is 0.457. The maximum Gasteiger partial charge on any atom is 0.508 e. The van der Waals surface area contributed by atoms with Gasteiger partial charge in [-0.3, -0.25) is 0 Å². The highest BCUT2D eigenvalue weighted by Gasteiger charge is 2.05. The Hall–Kier alpha value is -0.175. The van der Waals surface area contributed by atoms with Crippen molar-refractivity contribution in [3.05, 3.63) is 35.9 Å². The predicted molar refractivity (Wildman–Crippen MR) is 48.7 cm³/mol. The maximum absolute atomic E-state index is 5.37. The normalized spacial score (nSPS) is 9.64. The molecule has 0 spiro atoms. The molecule has 0 aromatic heterocycles. The average Bonchev–Trinajstić information content (AvgIpc) is 2.03. The van der Waals surface area contributed by atoms with Crippen LogP contribution in [0.5, 0.6) is 0 Å². The molecule has 4 heteroatoms. The van der Waals surface area contributed by atoms with Crippen LogP contribution in [-0.2, 0) is 11.3 Å². The second kappa shape index (κ2) is 4.65. The molecule has 0 saturated carbocycles. The topological polar surface area (TPSA) is 9.23 Å². The van der Waals surface area contributed by atoms with E-state index in [2.05, 4.69) is 0 Å². The first-order chi connectivity index (χ1) is 5.29. The minimum atomic E-state index is -0.741. The highest BCUT2D eigenvalue weighted by Crippen LogP contribution is 2.05. The smallest absolute Gasteiger partial charge is 0.405 e. The molecule has 0 aliphatic carbocycles. The van der Waals surface area contributed by atoms with E-state index in [4.69, 9.17) is 27.6 Å². The predicted octanol–water partition coefficient (Wildman–Crippen LogP) is 2.67. The molecule has 0 N–H and O–H groups in total. The number of rotatable bonds is 3. The van der Waals surface area contributed by atoms with Crippen molar-refractivity contribution in [2.24, 2.45) is 0 Å². The molecule has 0 bridgehead atoms. The lowest BCUT2D eigenvalue weighted by molar-refractivity contribution is 0.329. The fourth-order valence-electron chi connectivity index (χ4n) is 0.733. The Kier molecular flexibility index (Phi) is 3.77. The molecule has 0 heterocycles. The largest absolute Gasteiger partial charge is 0.508 e. The summed E-state index contributed by atoms with van der Waals surface area (Å²) in [6.45, 7) is 0.457. The second-order valence-corrected chi connectivity index (χ2v) is 3.07. The van der Waals surface area contributed by atoms with E-state index in [0.717, 1.165) is 5.56 Å². The van der Waals surface area contributed by atoms with Crippen LogP contribution in [0.15, 0.2) is 30.3 Å². The highest BCUT2D eigenvalue weighted by molar-refractivity contribution is 7.30. The van der Waals surface area contributed by atoms with Gasteiger partial charge >= 0.3 is 5.75 Å². The molecule has 1 aromatic carbocycles. The van der Waals surface area contributed by atoms with Crippen LogP contribution in [-0.4, -0.2) is 5.75 Å². The number of benzene rings is 1. The maximum atomic E-state index is 5.37. The Bertz CT molecular complexity index is 203. The van der Waals surface area contributed by atoms with Crippen molar-refractivity contribution < 1.29 is 4.65 Å². The van der Waals surface area contributed by atoms with E-state index in [-0.39, 0.29) is 0 Å². The van der Waals surface area contributed by atoms with Crippen molar-refractivity contribution in [1.82, 2.24) is 0 Å². The van der Waals surface area contributed by atoms with Crippen molar-refractivity contribution >= 4 is 28.7 Å². The van der Waals surface area contributed by atoms with Crippen LogP contribution in [0.3, 0.4) is 0 Å². The van der Waals surface area contributed by atoms with Gasteiger partial charge in [0.15, 0.2) is 0 Å². The van der Waals surface area contributed by atoms with E-state index in [1.165, 1.54) is 0 Å². The zero-order chi connectivity index (χ0) is 8.10. The third kappa shape index (κ3) is 3.66. The molecule has 58 valence electrons. The van der Waals surface area contributed by atoms with E-state index < -0.39 is 5.75 Å². The van der Waals surface area contributed by atoms with Gasteiger partial charge in [-0.2, -0.15) is 0 Å². The lowest BCUT2D eigenvalue weighted by atomic mass is 10.2. The molecule has 0 radical (unpaired) electrons. The molecule has 0 fully saturated rings. The Labute approximate surface area is 76.2 Å². The molecule has 0 aliphatic heterocycles. The van der Waals surface area contributed by atoms with Crippen LogP contribution >= 0.6 is 22.9 Å². The molecule has 1 nitrogen and oxygen atoms in total. The summed E-state index contributed by atoms with van der Waals surface area (Å²) in [7, 11) is 0. The summed E-state index contributed by atoms with van der Waals surface area (Å²) < 4.78 is 4.96. The van der Waals surface area contributed by atoms with E-state index in [0.29, 0.717) is 6.61 Å². The van der Waals surface area contributed by atoms with Gasteiger partial charge in [0.2, 0.25) is 0 Å². The quantitative estimate of drug-likeness (QED) is 0.663. The van der Waals surface area contributed by atoms with Gasteiger partial charge in [-0.25, -0.2) is 0 Å². The second-order valence-electron chi connectivity index (χ2n) is 2.06. The van der Waals surface area contributed by atoms with Crippen LogP contribution in [0.1, 0.15) is 5.56 Å². The third-order valence-electron chi connectivity index (χ3n) is 1.22. The van der Waals surface area contributed by atoms with E-state index in [1.54, 1.807) is 0 Å². The average molecular weight is 189 g/mol. The fourth-order valence-corrected chi connectivity index (χ4v) is 0.859. The summed E-state index contributed by atoms with van der Waals surface area (Å²) in [5.74, 6) is -0.741. The van der Waals surface area contributed by atoms with Gasteiger partial charge in [0.05, 0.1) is 6.61 Å². The third-order valence-corrected chi connectivity index (χ3v) is 1.47. The zero-order valence-corrected chi connectivity index (χ0v) is 7.35. The van der Waals surface area contributed by atoms with Crippen LogP contribution in [0.25, 0.3) is 0 Å². The molecular formula is C7H7BCl2O. The van der Waals surface area contributed by atoms with Gasteiger partial charge in [0.1, 0.15) is 0 Å². The van der Waals surface area contributed by atoms with Crippen molar-refractivity contribution in [1.29, 1.82) is 0 Å². The molecule has 0 atom stereocenters. The summed E-state index contributed by atoms with van der Waals surface area (Å²) in [5.41, 5.74) is 1.07. The van der Waals surface area contributed by atoms with Crippen LogP contribution in [0.2, 0.25) is 0 Å². The molecule has 0 aliphatic rings. The van der Waals surface area contributed by atoms with Crippen molar-refractivity contribution in [2.45, 2.75) is 6.61 Å². The molecule has 11 heavy (non-hydrogen) atoms. The summed E-state index contributed by atoms with van der Waals surface area (Å²) in [5, 5.41) is 0. The Morgan fingerprint density at radius 2 is 1.82 bits per heavy atom. The van der Waals surface area contributed by atoms with Crippen molar-refractivity contribution in [2.75, 3.05) is 0 Å². The van der Waals surface area contributed by atoms with Gasteiger partial charge in [-0.05, 0) is 5.56 Å². The summed E-state index contributed by atoms with van der Waals surface area (Å²) in [6, 6.07) is 9.74. The van der Waals surface area contributed by atoms with Crippen molar-refractivity contribution in [3.63, 3.8) is 0 Å². The molecule has 1 rings (SSSR count). The first kappa shape index (κ1) is 8.92. The summed E-state index contributed by atoms with van der Waals surface area (Å²) >= 11 is 10.7. The summed E-state index contributed by atoms with van der Waals surface area (Å²) in [6.07, 6.45) is 0. The number of hydrogen-bond acceptors (Lipinski definition) is 1. The Morgan fingerprint density at radius 3 is 2.36 bits per heavy atom. The molecule has 0 amide bonds. The number of halogens is 2. The van der Waals surface area contributed by atoms with Crippen molar-refractivity contribution in [3.8, 4) is 0 Å². The molecule has 1 aromatic rings. The zero-order valence-electron chi connectivity index (χ0n) is 5.84. The monoisotopic (exact) mass is 188 g/mol. The molecule has 0 saturated heterocycles. The standard InChI is InChI=1S/C7H7BCl2O/c9-8(10)11-6-7-4-2-1-3-5-7/h1-5H,6H2. The molecule has 0 unspecified atom stereocenters. The van der Waals surface area contributed by atoms with Crippen LogP contribution < -0.4 is 0 Å².